The molecule has 5 heterocycles. The van der Waals surface area contributed by atoms with E-state index in [4.69, 9.17) is 18.9 Å². The van der Waals surface area contributed by atoms with Crippen LogP contribution >= 0.6 is 23.1 Å². The molecule has 10 nitrogen and oxygen atoms in total. The van der Waals surface area contributed by atoms with E-state index in [-0.39, 0.29) is 5.91 Å². The van der Waals surface area contributed by atoms with Crippen LogP contribution in [0, 0.1) is 0 Å². The smallest absolute Gasteiger partial charge is 0.282 e. The number of carbonyl (C=O) groups excluding carboxylic acids is 1. The molecule has 0 aliphatic carbocycles. The van der Waals surface area contributed by atoms with Crippen LogP contribution in [0.2, 0.25) is 0 Å². The van der Waals surface area contributed by atoms with Crippen LogP contribution < -0.4 is 14.5 Å². The van der Waals surface area contributed by atoms with Gasteiger partial charge in [0.1, 0.15) is 29.4 Å². The van der Waals surface area contributed by atoms with Crippen molar-refractivity contribution >= 4 is 40.0 Å². The maximum Gasteiger partial charge on any atom is 0.282 e. The predicted molar refractivity (Wildman–Crippen MR) is 173 cm³/mol. The average molecular weight is 631 g/mol. The third-order valence-corrected chi connectivity index (χ3v) is 10.5. The third-order valence-electron chi connectivity index (χ3n) is 8.29. The molecule has 1 fully saturated rings. The summed E-state index contributed by atoms with van der Waals surface area (Å²) in [7, 11) is 3.70. The molecule has 1 amide bonds. The normalized spacial score (nSPS) is 17.0. The molecule has 1 unspecified atom stereocenters. The Labute approximate surface area is 264 Å². The Hall–Kier alpha value is -4.00. The molecular formula is C32H34N6O4S2. The molecule has 0 N–H and O–H groups in total. The van der Waals surface area contributed by atoms with Crippen LogP contribution in [0.1, 0.15) is 29.2 Å². The van der Waals surface area contributed by atoms with E-state index in [0.717, 1.165) is 70.7 Å². The Bertz CT molecular complexity index is 1820. The van der Waals surface area contributed by atoms with Crippen molar-refractivity contribution < 1.29 is 18.7 Å². The largest absolute Gasteiger partial charge is 0.497 e. The minimum Gasteiger partial charge on any atom is -0.497 e. The van der Waals surface area contributed by atoms with Gasteiger partial charge in [-0.2, -0.15) is 0 Å². The van der Waals surface area contributed by atoms with Gasteiger partial charge in [0, 0.05) is 56.4 Å². The van der Waals surface area contributed by atoms with E-state index in [9.17, 15) is 4.79 Å². The van der Waals surface area contributed by atoms with Crippen molar-refractivity contribution in [3.8, 4) is 33.4 Å². The van der Waals surface area contributed by atoms with Gasteiger partial charge in [0.05, 0.1) is 23.6 Å². The number of hydrogen-bond donors (Lipinski definition) is 0. The number of rotatable bonds is 8. The number of ether oxygens (including phenoxy) is 2. The van der Waals surface area contributed by atoms with E-state index in [2.05, 4.69) is 40.5 Å². The summed E-state index contributed by atoms with van der Waals surface area (Å²) in [6, 6.07) is 13.8. The Balaban J connectivity index is 1.08. The summed E-state index contributed by atoms with van der Waals surface area (Å²) < 4.78 is 20.2. The number of methoxy groups -OCH3 is 1. The number of amides is 1. The molecule has 0 spiro atoms. The van der Waals surface area contributed by atoms with Crippen LogP contribution in [0.15, 0.2) is 64.4 Å². The highest BCUT2D eigenvalue weighted by Gasteiger charge is 2.27. The highest BCUT2D eigenvalue weighted by atomic mass is 32.2. The Morgan fingerprint density at radius 2 is 1.95 bits per heavy atom. The summed E-state index contributed by atoms with van der Waals surface area (Å²) in [5.41, 5.74) is 3.40. The highest BCUT2D eigenvalue weighted by molar-refractivity contribution is 8.00. The monoisotopic (exact) mass is 630 g/mol. The molecule has 12 heteroatoms. The van der Waals surface area contributed by atoms with Crippen molar-refractivity contribution in [1.29, 1.82) is 0 Å². The summed E-state index contributed by atoms with van der Waals surface area (Å²) in [6.45, 7) is 8.92. The number of furan rings is 1. The molecule has 0 saturated carbocycles. The van der Waals surface area contributed by atoms with Gasteiger partial charge in [-0.1, -0.05) is 30.8 Å². The van der Waals surface area contributed by atoms with Gasteiger partial charge in [-0.3, -0.25) is 4.79 Å². The molecule has 0 bridgehead atoms. The second-order valence-electron chi connectivity index (χ2n) is 10.9. The number of nitrogens with zero attached hydrogens (tertiary/aromatic N) is 6. The molecule has 3 aromatic heterocycles. The first kappa shape index (κ1) is 28.8. The first-order chi connectivity index (χ1) is 21.4. The van der Waals surface area contributed by atoms with Crippen molar-refractivity contribution in [1.82, 2.24) is 24.4 Å². The van der Waals surface area contributed by atoms with Gasteiger partial charge in [-0.05, 0) is 43.3 Å². The first-order valence-corrected chi connectivity index (χ1v) is 16.4. The van der Waals surface area contributed by atoms with Crippen molar-refractivity contribution in [2.24, 2.45) is 0 Å². The van der Waals surface area contributed by atoms with Crippen LogP contribution in [-0.2, 0) is 6.61 Å². The van der Waals surface area contributed by atoms with Crippen LogP contribution in [0.5, 0.6) is 11.5 Å². The molecule has 2 aliphatic heterocycles. The topological polar surface area (TPSA) is 89.1 Å². The summed E-state index contributed by atoms with van der Waals surface area (Å²) in [5.74, 6) is 2.12. The Morgan fingerprint density at radius 3 is 2.73 bits per heavy atom. The number of hydrogen-bond acceptors (Lipinski definition) is 10. The van der Waals surface area contributed by atoms with Gasteiger partial charge in [0.25, 0.3) is 5.91 Å². The lowest BCUT2D eigenvalue weighted by atomic mass is 10.1. The molecule has 0 radical (unpaired) electrons. The lowest BCUT2D eigenvalue weighted by Crippen LogP contribution is -2.48. The van der Waals surface area contributed by atoms with Gasteiger partial charge < -0.3 is 28.7 Å². The zero-order chi connectivity index (χ0) is 30.4. The molecule has 228 valence electrons. The maximum atomic E-state index is 13.1. The number of piperazine rings is 1. The second kappa shape index (κ2) is 11.8. The van der Waals surface area contributed by atoms with Crippen molar-refractivity contribution in [2.45, 2.75) is 31.0 Å². The van der Waals surface area contributed by atoms with Crippen molar-refractivity contribution in [3.63, 3.8) is 0 Å². The molecule has 7 rings (SSSR count). The van der Waals surface area contributed by atoms with Crippen LogP contribution in [0.25, 0.3) is 32.9 Å². The van der Waals surface area contributed by atoms with Crippen LogP contribution in [0.3, 0.4) is 0 Å². The second-order valence-corrected chi connectivity index (χ2v) is 13.2. The number of benzene rings is 2. The highest BCUT2D eigenvalue weighted by Crippen LogP contribution is 2.37. The van der Waals surface area contributed by atoms with E-state index in [0.29, 0.717) is 34.1 Å². The molecule has 1 saturated heterocycles. The lowest BCUT2D eigenvalue weighted by molar-refractivity contribution is 0.0643. The quantitative estimate of drug-likeness (QED) is 0.211. The fourth-order valence-corrected chi connectivity index (χ4v) is 7.42. The number of carbonyl (C=O) groups is 1. The molecule has 2 aromatic carbocycles. The SMILES string of the molecule is CCN1CCN(C(=O)c2ncc(-c3cccc(OCc4cc(OC)cc5oc(-c6cn7c(n6)SC(C)N7C)cc45)c3)s2)CC1. The van der Waals surface area contributed by atoms with Crippen molar-refractivity contribution in [3.05, 3.63) is 65.4 Å². The Morgan fingerprint density at radius 1 is 1.11 bits per heavy atom. The predicted octanol–water partition coefficient (Wildman–Crippen LogP) is 5.80. The van der Waals surface area contributed by atoms with E-state index >= 15 is 0 Å². The lowest BCUT2D eigenvalue weighted by Gasteiger charge is -2.33. The van der Waals surface area contributed by atoms with Crippen molar-refractivity contribution in [2.75, 3.05) is 51.9 Å². The maximum absolute atomic E-state index is 13.1. The van der Waals surface area contributed by atoms with E-state index in [1.807, 2.05) is 53.6 Å². The van der Waals surface area contributed by atoms with Gasteiger partial charge in [0.15, 0.2) is 15.9 Å². The number of imidazole rings is 1. The summed E-state index contributed by atoms with van der Waals surface area (Å²) in [6.07, 6.45) is 3.79. The standard InChI is InChI=1S/C32H34N6O4S2/c1-5-36-9-11-37(12-10-36)31(39)30-33-17-29(44-30)21-7-6-8-23(13-21)41-19-22-14-24(40-4)15-27-25(22)16-28(42-27)26-18-38-32(34-26)43-20(2)35(38)3/h6-8,13-18,20H,5,9-12,19H2,1-4H3. The van der Waals surface area contributed by atoms with E-state index < -0.39 is 0 Å². The van der Waals surface area contributed by atoms with E-state index in [1.54, 1.807) is 25.1 Å². The van der Waals surface area contributed by atoms with Crippen LogP contribution in [0.4, 0.5) is 0 Å². The fourth-order valence-electron chi connectivity index (χ4n) is 5.54. The average Bonchev–Trinajstić information content (AvgIpc) is 3.85. The third kappa shape index (κ3) is 5.42. The summed E-state index contributed by atoms with van der Waals surface area (Å²) in [5, 5.41) is 4.90. The minimum atomic E-state index is 0.00594. The zero-order valence-electron chi connectivity index (χ0n) is 25.1. The van der Waals surface area contributed by atoms with Gasteiger partial charge in [-0.25, -0.2) is 14.6 Å². The Kier molecular flexibility index (Phi) is 7.73. The number of fused-ring (bicyclic) bond motifs is 2. The zero-order valence-corrected chi connectivity index (χ0v) is 26.8. The fraction of sp³-hybridized carbons (Fsp3) is 0.344. The first-order valence-electron chi connectivity index (χ1n) is 14.7. The molecule has 2 aliphatic rings. The molecule has 5 aromatic rings. The van der Waals surface area contributed by atoms with Gasteiger partial charge >= 0.3 is 0 Å². The minimum absolute atomic E-state index is 0.00594. The number of thiazole rings is 1. The van der Waals surface area contributed by atoms with Gasteiger partial charge in [-0.15, -0.1) is 11.3 Å². The summed E-state index contributed by atoms with van der Waals surface area (Å²) in [4.78, 5) is 27.6. The number of likely N-dealkylation sites (N-methyl/N-ethyl adjacent to an activating group) is 1. The number of aromatic nitrogens is 3. The van der Waals surface area contributed by atoms with Gasteiger partial charge in [0.2, 0.25) is 0 Å². The molecular weight excluding hydrogens is 597 g/mol. The molecule has 1 atom stereocenters. The summed E-state index contributed by atoms with van der Waals surface area (Å²) >= 11 is 3.14. The number of thioether (sulfide) groups is 1. The molecule has 44 heavy (non-hydrogen) atoms. The van der Waals surface area contributed by atoms with E-state index in [1.165, 1.54) is 11.3 Å². The van der Waals surface area contributed by atoms with Crippen LogP contribution in [-0.4, -0.2) is 82.6 Å².